The Kier molecular flexibility index (Phi) is 5.45. The zero-order chi connectivity index (χ0) is 14.8. The molecule has 1 N–H and O–H groups in total. The molecule has 0 saturated heterocycles. The highest BCUT2D eigenvalue weighted by Crippen LogP contribution is 2.28. The van der Waals surface area contributed by atoms with E-state index in [1.54, 1.807) is 14.1 Å². The van der Waals surface area contributed by atoms with Crippen LogP contribution in [0.1, 0.15) is 57.8 Å². The zero-order valence-electron chi connectivity index (χ0n) is 12.7. The van der Waals surface area contributed by atoms with Crippen LogP contribution >= 0.6 is 0 Å². The molecule has 2 aliphatic carbocycles. The van der Waals surface area contributed by atoms with E-state index in [9.17, 15) is 13.5 Å². The van der Waals surface area contributed by atoms with Crippen molar-refractivity contribution in [3.8, 4) is 0 Å². The van der Waals surface area contributed by atoms with Crippen molar-refractivity contribution >= 4 is 10.2 Å². The van der Waals surface area contributed by atoms with Gasteiger partial charge >= 0.3 is 0 Å². The minimum absolute atomic E-state index is 0.122. The fourth-order valence-corrected chi connectivity index (χ4v) is 5.11. The molecule has 2 fully saturated rings. The van der Waals surface area contributed by atoms with Crippen molar-refractivity contribution in [1.82, 2.24) is 8.61 Å². The average Bonchev–Trinajstić information content (AvgIpc) is 2.47. The van der Waals surface area contributed by atoms with Crippen molar-refractivity contribution in [3.63, 3.8) is 0 Å². The fourth-order valence-electron chi connectivity index (χ4n) is 3.52. The second-order valence-electron chi connectivity index (χ2n) is 6.25. The van der Waals surface area contributed by atoms with E-state index >= 15 is 0 Å². The second-order valence-corrected chi connectivity index (χ2v) is 8.30. The van der Waals surface area contributed by atoms with Crippen LogP contribution < -0.4 is 0 Å². The summed E-state index contributed by atoms with van der Waals surface area (Å²) >= 11 is 0. The van der Waals surface area contributed by atoms with Crippen LogP contribution in [0.15, 0.2) is 0 Å². The Bertz CT molecular complexity index is 407. The number of hydrogen-bond acceptors (Lipinski definition) is 3. The SMILES string of the molecule is CN(C1CCCCC1)S(=O)(=O)N(C)C1CCCCC1O. The van der Waals surface area contributed by atoms with Crippen LogP contribution in [0, 0.1) is 0 Å². The summed E-state index contributed by atoms with van der Waals surface area (Å²) in [7, 11) is -0.154. The van der Waals surface area contributed by atoms with Gasteiger partial charge in [0, 0.05) is 20.1 Å². The van der Waals surface area contributed by atoms with Gasteiger partial charge < -0.3 is 5.11 Å². The molecular formula is C14H28N2O3S. The molecule has 0 heterocycles. The third-order valence-electron chi connectivity index (χ3n) is 4.98. The molecule has 5 nitrogen and oxygen atoms in total. The van der Waals surface area contributed by atoms with Gasteiger partial charge in [0.2, 0.25) is 0 Å². The topological polar surface area (TPSA) is 60.9 Å². The predicted molar refractivity (Wildman–Crippen MR) is 79.6 cm³/mol. The molecule has 2 atom stereocenters. The first-order valence-electron chi connectivity index (χ1n) is 7.83. The second kappa shape index (κ2) is 6.73. The normalized spacial score (nSPS) is 30.1. The lowest BCUT2D eigenvalue weighted by molar-refractivity contribution is 0.0607. The summed E-state index contributed by atoms with van der Waals surface area (Å²) in [5.74, 6) is 0. The Morgan fingerprint density at radius 2 is 1.40 bits per heavy atom. The molecule has 0 aromatic carbocycles. The monoisotopic (exact) mass is 304 g/mol. The van der Waals surface area contributed by atoms with Crippen molar-refractivity contribution in [2.75, 3.05) is 14.1 Å². The molecule has 2 unspecified atom stereocenters. The highest BCUT2D eigenvalue weighted by Gasteiger charge is 2.37. The first-order chi connectivity index (χ1) is 9.44. The summed E-state index contributed by atoms with van der Waals surface area (Å²) in [6.07, 6.45) is 8.27. The molecule has 0 bridgehead atoms. The molecule has 6 heteroatoms. The quantitative estimate of drug-likeness (QED) is 0.860. The zero-order valence-corrected chi connectivity index (χ0v) is 13.5. The minimum Gasteiger partial charge on any atom is -0.391 e. The number of aliphatic hydroxyl groups is 1. The van der Waals surface area contributed by atoms with E-state index in [-0.39, 0.29) is 12.1 Å². The van der Waals surface area contributed by atoms with Gasteiger partial charge in [0.1, 0.15) is 0 Å². The van der Waals surface area contributed by atoms with Crippen LogP contribution in [-0.4, -0.2) is 54.4 Å². The van der Waals surface area contributed by atoms with E-state index in [1.807, 2.05) is 0 Å². The van der Waals surface area contributed by atoms with Crippen LogP contribution in [0.4, 0.5) is 0 Å². The minimum atomic E-state index is -3.46. The van der Waals surface area contributed by atoms with Gasteiger partial charge in [-0.3, -0.25) is 0 Å². The van der Waals surface area contributed by atoms with Crippen LogP contribution in [0.25, 0.3) is 0 Å². The number of aliphatic hydroxyl groups excluding tert-OH is 1. The Morgan fingerprint density at radius 3 is 2.00 bits per heavy atom. The molecular weight excluding hydrogens is 276 g/mol. The number of hydrogen-bond donors (Lipinski definition) is 1. The third-order valence-corrected chi connectivity index (χ3v) is 7.00. The first-order valence-corrected chi connectivity index (χ1v) is 9.23. The number of likely N-dealkylation sites (N-methyl/N-ethyl adjacent to an activating group) is 1. The van der Waals surface area contributed by atoms with E-state index < -0.39 is 16.3 Å². The van der Waals surface area contributed by atoms with Gasteiger partial charge in [-0.05, 0) is 25.7 Å². The van der Waals surface area contributed by atoms with Crippen molar-refractivity contribution in [2.24, 2.45) is 0 Å². The molecule has 20 heavy (non-hydrogen) atoms. The predicted octanol–water partition coefficient (Wildman–Crippen LogP) is 1.73. The summed E-state index contributed by atoms with van der Waals surface area (Å²) in [6, 6.07) is -0.142. The molecule has 0 aromatic heterocycles. The molecule has 0 aromatic rings. The van der Waals surface area contributed by atoms with Gasteiger partial charge in [0.05, 0.1) is 12.1 Å². The van der Waals surface area contributed by atoms with E-state index in [0.29, 0.717) is 6.42 Å². The summed E-state index contributed by atoms with van der Waals surface area (Å²) < 4.78 is 28.4. The van der Waals surface area contributed by atoms with Crippen molar-refractivity contribution in [1.29, 1.82) is 0 Å². The van der Waals surface area contributed by atoms with Crippen molar-refractivity contribution < 1.29 is 13.5 Å². The lowest BCUT2D eigenvalue weighted by atomic mass is 9.93. The summed E-state index contributed by atoms with van der Waals surface area (Å²) in [5.41, 5.74) is 0. The van der Waals surface area contributed by atoms with Gasteiger partial charge in [-0.1, -0.05) is 32.1 Å². The van der Waals surface area contributed by atoms with Gasteiger partial charge in [-0.2, -0.15) is 17.0 Å². The lowest BCUT2D eigenvalue weighted by Crippen LogP contribution is -2.53. The number of nitrogens with zero attached hydrogens (tertiary/aromatic N) is 2. The Balaban J connectivity index is 2.07. The summed E-state index contributed by atoms with van der Waals surface area (Å²) in [5, 5.41) is 10.1. The van der Waals surface area contributed by atoms with Gasteiger partial charge in [-0.15, -0.1) is 0 Å². The molecule has 0 amide bonds. The van der Waals surface area contributed by atoms with E-state index in [0.717, 1.165) is 44.9 Å². The van der Waals surface area contributed by atoms with Crippen LogP contribution in [0.5, 0.6) is 0 Å². The average molecular weight is 304 g/mol. The highest BCUT2D eigenvalue weighted by atomic mass is 32.2. The van der Waals surface area contributed by atoms with Gasteiger partial charge in [-0.25, -0.2) is 0 Å². The maximum atomic E-state index is 12.7. The molecule has 2 aliphatic rings. The standard InChI is InChI=1S/C14H28N2O3S/c1-15(12-8-4-3-5-9-12)20(18,19)16(2)13-10-6-7-11-14(13)17/h12-14,17H,3-11H2,1-2H3. The third kappa shape index (κ3) is 3.35. The maximum absolute atomic E-state index is 12.7. The van der Waals surface area contributed by atoms with Crippen LogP contribution in [0.2, 0.25) is 0 Å². The smallest absolute Gasteiger partial charge is 0.282 e. The van der Waals surface area contributed by atoms with Crippen LogP contribution in [-0.2, 0) is 10.2 Å². The largest absolute Gasteiger partial charge is 0.391 e. The van der Waals surface area contributed by atoms with Crippen LogP contribution in [0.3, 0.4) is 0 Å². The molecule has 2 saturated carbocycles. The molecule has 118 valence electrons. The molecule has 0 aliphatic heterocycles. The Labute approximate surface area is 123 Å². The van der Waals surface area contributed by atoms with E-state index in [2.05, 4.69) is 0 Å². The van der Waals surface area contributed by atoms with Gasteiger partial charge in [0.15, 0.2) is 0 Å². The van der Waals surface area contributed by atoms with Crippen molar-refractivity contribution in [3.05, 3.63) is 0 Å². The fraction of sp³-hybridized carbons (Fsp3) is 1.00. The van der Waals surface area contributed by atoms with E-state index in [4.69, 9.17) is 0 Å². The van der Waals surface area contributed by atoms with Crippen molar-refractivity contribution in [2.45, 2.75) is 76.0 Å². The molecule has 0 spiro atoms. The summed E-state index contributed by atoms with van der Waals surface area (Å²) in [6.45, 7) is 0. The highest BCUT2D eigenvalue weighted by molar-refractivity contribution is 7.86. The number of rotatable bonds is 4. The van der Waals surface area contributed by atoms with Gasteiger partial charge in [0.25, 0.3) is 10.2 Å². The van der Waals surface area contributed by atoms with E-state index in [1.165, 1.54) is 15.0 Å². The lowest BCUT2D eigenvalue weighted by Gasteiger charge is -2.39. The maximum Gasteiger partial charge on any atom is 0.282 e. The molecule has 2 rings (SSSR count). The molecule has 0 radical (unpaired) electrons. The summed E-state index contributed by atoms with van der Waals surface area (Å²) in [4.78, 5) is 0. The Hall–Kier alpha value is -0.170. The Morgan fingerprint density at radius 1 is 0.850 bits per heavy atom. The first kappa shape index (κ1) is 16.2.